The van der Waals surface area contributed by atoms with Gasteiger partial charge >= 0.3 is 0 Å². The quantitative estimate of drug-likeness (QED) is 0.780. The van der Waals surface area contributed by atoms with Gasteiger partial charge in [-0.05, 0) is 26.2 Å². The fourth-order valence-corrected chi connectivity index (χ4v) is 2.71. The van der Waals surface area contributed by atoms with Crippen molar-refractivity contribution in [2.24, 2.45) is 0 Å². The standard InChI is InChI=1S/C12H21NO3/c1-3-5-12(15)8-13(9-12)10(14)11(2)6-4-7-16-11/h15H,3-9H2,1-2H3. The van der Waals surface area contributed by atoms with Gasteiger partial charge in [0.25, 0.3) is 5.91 Å². The lowest BCUT2D eigenvalue weighted by molar-refractivity contribution is -0.174. The van der Waals surface area contributed by atoms with Crippen LogP contribution in [0.3, 0.4) is 0 Å². The number of aliphatic hydroxyl groups is 1. The second-order valence-corrected chi connectivity index (χ2v) is 5.32. The highest BCUT2D eigenvalue weighted by atomic mass is 16.5. The van der Waals surface area contributed by atoms with E-state index in [4.69, 9.17) is 4.74 Å². The third-order valence-corrected chi connectivity index (χ3v) is 3.64. The van der Waals surface area contributed by atoms with E-state index in [-0.39, 0.29) is 5.91 Å². The number of likely N-dealkylation sites (tertiary alicyclic amines) is 1. The largest absolute Gasteiger partial charge is 0.386 e. The summed E-state index contributed by atoms with van der Waals surface area (Å²) in [5.74, 6) is 0.0470. The minimum atomic E-state index is -0.640. The maximum absolute atomic E-state index is 12.1. The Bertz CT molecular complexity index is 278. The van der Waals surface area contributed by atoms with Gasteiger partial charge in [-0.15, -0.1) is 0 Å². The number of hydrogen-bond donors (Lipinski definition) is 1. The molecule has 92 valence electrons. The molecule has 0 aromatic rings. The Kier molecular flexibility index (Phi) is 2.97. The van der Waals surface area contributed by atoms with Crippen molar-refractivity contribution in [3.8, 4) is 0 Å². The first-order valence-corrected chi connectivity index (χ1v) is 6.15. The third kappa shape index (κ3) is 1.96. The Morgan fingerprint density at radius 2 is 2.19 bits per heavy atom. The summed E-state index contributed by atoms with van der Waals surface area (Å²) in [7, 11) is 0. The van der Waals surface area contributed by atoms with E-state index in [9.17, 15) is 9.90 Å². The highest BCUT2D eigenvalue weighted by Crippen LogP contribution is 2.33. The molecule has 2 rings (SSSR count). The number of hydrogen-bond acceptors (Lipinski definition) is 3. The average molecular weight is 227 g/mol. The van der Waals surface area contributed by atoms with E-state index in [1.54, 1.807) is 4.90 Å². The zero-order valence-corrected chi connectivity index (χ0v) is 10.2. The predicted molar refractivity (Wildman–Crippen MR) is 60.0 cm³/mol. The summed E-state index contributed by atoms with van der Waals surface area (Å²) in [5.41, 5.74) is -1.27. The Balaban J connectivity index is 1.90. The van der Waals surface area contributed by atoms with Crippen LogP contribution < -0.4 is 0 Å². The summed E-state index contributed by atoms with van der Waals surface area (Å²) < 4.78 is 5.51. The maximum atomic E-state index is 12.1. The van der Waals surface area contributed by atoms with Crippen LogP contribution in [0.5, 0.6) is 0 Å². The van der Waals surface area contributed by atoms with Gasteiger partial charge in [-0.2, -0.15) is 0 Å². The topological polar surface area (TPSA) is 49.8 Å². The van der Waals surface area contributed by atoms with Crippen molar-refractivity contribution >= 4 is 5.91 Å². The molecule has 1 atom stereocenters. The molecular weight excluding hydrogens is 206 g/mol. The van der Waals surface area contributed by atoms with Crippen molar-refractivity contribution < 1.29 is 14.6 Å². The van der Waals surface area contributed by atoms with Gasteiger partial charge in [-0.3, -0.25) is 4.79 Å². The summed E-state index contributed by atoms with van der Waals surface area (Å²) in [6, 6.07) is 0. The normalized spacial score (nSPS) is 32.6. The van der Waals surface area contributed by atoms with Crippen molar-refractivity contribution in [2.45, 2.75) is 50.7 Å². The second-order valence-electron chi connectivity index (χ2n) is 5.32. The first-order valence-electron chi connectivity index (χ1n) is 6.15. The zero-order chi connectivity index (χ0) is 11.8. The molecule has 1 amide bonds. The number of carbonyl (C=O) groups is 1. The number of nitrogens with zero attached hydrogens (tertiary/aromatic N) is 1. The van der Waals surface area contributed by atoms with Crippen LogP contribution in [0.25, 0.3) is 0 Å². The molecule has 4 heteroatoms. The highest BCUT2D eigenvalue weighted by Gasteiger charge is 2.49. The number of rotatable bonds is 3. The van der Waals surface area contributed by atoms with Gasteiger partial charge in [0.2, 0.25) is 0 Å². The first-order chi connectivity index (χ1) is 7.49. The minimum Gasteiger partial charge on any atom is -0.386 e. The molecule has 0 aliphatic carbocycles. The smallest absolute Gasteiger partial charge is 0.254 e. The van der Waals surface area contributed by atoms with Gasteiger partial charge in [0.15, 0.2) is 0 Å². The molecule has 0 aromatic carbocycles. The third-order valence-electron chi connectivity index (χ3n) is 3.64. The van der Waals surface area contributed by atoms with Gasteiger partial charge in [0.05, 0.1) is 18.7 Å². The zero-order valence-electron chi connectivity index (χ0n) is 10.2. The van der Waals surface area contributed by atoms with E-state index in [0.29, 0.717) is 19.7 Å². The number of ether oxygens (including phenoxy) is 1. The minimum absolute atomic E-state index is 0.0470. The summed E-state index contributed by atoms with van der Waals surface area (Å²) in [6.45, 7) is 5.52. The van der Waals surface area contributed by atoms with Gasteiger partial charge in [0.1, 0.15) is 5.60 Å². The fourth-order valence-electron chi connectivity index (χ4n) is 2.71. The van der Waals surface area contributed by atoms with Gasteiger partial charge in [-0.1, -0.05) is 13.3 Å². The molecule has 2 aliphatic rings. The Morgan fingerprint density at radius 1 is 1.50 bits per heavy atom. The molecule has 16 heavy (non-hydrogen) atoms. The van der Waals surface area contributed by atoms with E-state index in [1.165, 1.54) is 0 Å². The van der Waals surface area contributed by atoms with E-state index in [0.717, 1.165) is 25.7 Å². The lowest BCUT2D eigenvalue weighted by Crippen LogP contribution is -2.66. The summed E-state index contributed by atoms with van der Waals surface area (Å²) in [5, 5.41) is 10.0. The van der Waals surface area contributed by atoms with Crippen molar-refractivity contribution in [3.05, 3.63) is 0 Å². The lowest BCUT2D eigenvalue weighted by atomic mass is 9.87. The molecule has 2 aliphatic heterocycles. The van der Waals surface area contributed by atoms with E-state index in [2.05, 4.69) is 0 Å². The Hall–Kier alpha value is -0.610. The monoisotopic (exact) mass is 227 g/mol. The molecule has 1 N–H and O–H groups in total. The number of β-amino-alcohol motifs (C(OH)–C–C–N with tert-alkyl or cyclic N) is 1. The summed E-state index contributed by atoms with van der Waals surface area (Å²) in [4.78, 5) is 13.9. The van der Waals surface area contributed by atoms with Crippen LogP contribution in [0, 0.1) is 0 Å². The lowest BCUT2D eigenvalue weighted by Gasteiger charge is -2.48. The summed E-state index contributed by atoms with van der Waals surface area (Å²) >= 11 is 0. The number of amides is 1. The Labute approximate surface area is 96.6 Å². The van der Waals surface area contributed by atoms with Crippen LogP contribution in [-0.4, -0.2) is 46.8 Å². The molecule has 0 saturated carbocycles. The number of carbonyl (C=O) groups excluding carboxylic acids is 1. The average Bonchev–Trinajstić information content (AvgIpc) is 2.62. The van der Waals surface area contributed by atoms with Gasteiger partial charge < -0.3 is 14.7 Å². The van der Waals surface area contributed by atoms with Crippen LogP contribution in [0.15, 0.2) is 0 Å². The van der Waals surface area contributed by atoms with Crippen molar-refractivity contribution in [1.82, 2.24) is 4.90 Å². The molecule has 2 heterocycles. The van der Waals surface area contributed by atoms with Gasteiger partial charge in [-0.25, -0.2) is 0 Å². The van der Waals surface area contributed by atoms with Gasteiger partial charge in [0, 0.05) is 6.61 Å². The molecule has 2 saturated heterocycles. The summed E-state index contributed by atoms with van der Waals surface area (Å²) in [6.07, 6.45) is 3.48. The van der Waals surface area contributed by atoms with Crippen molar-refractivity contribution in [3.63, 3.8) is 0 Å². The molecule has 0 spiro atoms. The molecule has 1 unspecified atom stereocenters. The first kappa shape index (κ1) is 11.9. The molecule has 2 fully saturated rings. The SMILES string of the molecule is CCCC1(O)CN(C(=O)C2(C)CCCO2)C1. The van der Waals surface area contributed by atoms with Crippen molar-refractivity contribution in [2.75, 3.05) is 19.7 Å². The molecular formula is C12H21NO3. The maximum Gasteiger partial charge on any atom is 0.254 e. The molecule has 0 bridgehead atoms. The fraction of sp³-hybridized carbons (Fsp3) is 0.917. The molecule has 4 nitrogen and oxygen atoms in total. The van der Waals surface area contributed by atoms with Crippen LogP contribution in [0.2, 0.25) is 0 Å². The second kappa shape index (κ2) is 4.00. The van der Waals surface area contributed by atoms with Crippen LogP contribution in [0.1, 0.15) is 39.5 Å². The van der Waals surface area contributed by atoms with E-state index < -0.39 is 11.2 Å². The van der Waals surface area contributed by atoms with Crippen LogP contribution in [-0.2, 0) is 9.53 Å². The van der Waals surface area contributed by atoms with E-state index in [1.807, 2.05) is 13.8 Å². The highest BCUT2D eigenvalue weighted by molar-refractivity contribution is 5.86. The van der Waals surface area contributed by atoms with E-state index >= 15 is 0 Å². The molecule has 0 radical (unpaired) electrons. The predicted octanol–water partition coefficient (Wildman–Crippen LogP) is 0.929. The molecule has 0 aromatic heterocycles. The Morgan fingerprint density at radius 3 is 2.69 bits per heavy atom. The van der Waals surface area contributed by atoms with Crippen LogP contribution in [0.4, 0.5) is 0 Å². The van der Waals surface area contributed by atoms with Crippen molar-refractivity contribution in [1.29, 1.82) is 0 Å². The van der Waals surface area contributed by atoms with Crippen LogP contribution >= 0.6 is 0 Å².